The highest BCUT2D eigenvalue weighted by atomic mass is 15.3. The minimum Gasteiger partial charge on any atom is -0.348 e. The lowest BCUT2D eigenvalue weighted by molar-refractivity contribution is 0.762. The van der Waals surface area contributed by atoms with E-state index in [2.05, 4.69) is 32.1 Å². The van der Waals surface area contributed by atoms with Crippen LogP contribution in [-0.4, -0.2) is 19.7 Å². The summed E-state index contributed by atoms with van der Waals surface area (Å²) in [6, 6.07) is 12.1. The minimum absolute atomic E-state index is 0.642. The molecule has 0 spiro atoms. The van der Waals surface area contributed by atoms with Crippen molar-refractivity contribution in [1.29, 1.82) is 0 Å². The third-order valence-corrected chi connectivity index (χ3v) is 3.99. The number of anilines is 1. The predicted octanol–water partition coefficient (Wildman–Crippen LogP) is 2.76. The first kappa shape index (κ1) is 13.0. The van der Waals surface area contributed by atoms with Gasteiger partial charge in [0.25, 0.3) is 0 Å². The van der Waals surface area contributed by atoms with E-state index in [4.69, 9.17) is 5.10 Å². The van der Waals surface area contributed by atoms with Gasteiger partial charge in [0.15, 0.2) is 0 Å². The number of rotatable bonds is 4. The Kier molecular flexibility index (Phi) is 3.31. The van der Waals surface area contributed by atoms with Crippen molar-refractivity contribution in [3.8, 4) is 5.69 Å². The Balaban J connectivity index is 1.64. The lowest BCUT2D eigenvalue weighted by atomic mass is 10.2. The van der Waals surface area contributed by atoms with Gasteiger partial charge < -0.3 is 5.32 Å². The van der Waals surface area contributed by atoms with Gasteiger partial charge in [-0.25, -0.2) is 14.6 Å². The number of hydrogen-bond acceptors (Lipinski definition) is 4. The Bertz CT molecular complexity index is 765. The molecular weight excluding hydrogens is 274 g/mol. The molecule has 110 valence electrons. The molecule has 5 nitrogen and oxygen atoms in total. The Morgan fingerprint density at radius 2 is 1.82 bits per heavy atom. The summed E-state index contributed by atoms with van der Waals surface area (Å²) in [5.74, 6) is 0.642. The first-order valence-corrected chi connectivity index (χ1v) is 7.58. The fourth-order valence-electron chi connectivity index (χ4n) is 2.99. The van der Waals surface area contributed by atoms with Crippen LogP contribution >= 0.6 is 0 Å². The highest BCUT2D eigenvalue weighted by molar-refractivity contribution is 5.41. The molecule has 0 fully saturated rings. The molecule has 0 atom stereocenters. The van der Waals surface area contributed by atoms with Gasteiger partial charge in [-0.05, 0) is 43.0 Å². The predicted molar refractivity (Wildman–Crippen MR) is 84.9 cm³/mol. The molecule has 0 bridgehead atoms. The first-order valence-electron chi connectivity index (χ1n) is 7.58. The summed E-state index contributed by atoms with van der Waals surface area (Å²) in [7, 11) is 0. The summed E-state index contributed by atoms with van der Waals surface area (Å²) in [5, 5.41) is 8.07. The Hall–Kier alpha value is -2.69. The monoisotopic (exact) mass is 291 g/mol. The average Bonchev–Trinajstić information content (AvgIpc) is 3.17. The SMILES string of the molecule is c1ccc(-n2nc(CNc3ncccn3)c3c2CCC3)cc1. The topological polar surface area (TPSA) is 55.6 Å². The second kappa shape index (κ2) is 5.60. The summed E-state index contributed by atoms with van der Waals surface area (Å²) in [4.78, 5) is 8.39. The zero-order valence-corrected chi connectivity index (χ0v) is 12.2. The van der Waals surface area contributed by atoms with E-state index in [9.17, 15) is 0 Å². The number of para-hydroxylation sites is 1. The number of nitrogens with one attached hydrogen (secondary N) is 1. The maximum Gasteiger partial charge on any atom is 0.222 e. The molecule has 1 N–H and O–H groups in total. The second-order valence-corrected chi connectivity index (χ2v) is 5.40. The van der Waals surface area contributed by atoms with Crippen molar-refractivity contribution in [3.05, 3.63) is 65.7 Å². The average molecular weight is 291 g/mol. The molecule has 5 heteroatoms. The number of benzene rings is 1. The van der Waals surface area contributed by atoms with Gasteiger partial charge in [0, 0.05) is 18.1 Å². The van der Waals surface area contributed by atoms with Gasteiger partial charge in [-0.2, -0.15) is 5.10 Å². The maximum atomic E-state index is 4.82. The van der Waals surface area contributed by atoms with Crippen molar-refractivity contribution in [2.75, 3.05) is 5.32 Å². The van der Waals surface area contributed by atoms with E-state index < -0.39 is 0 Å². The van der Waals surface area contributed by atoms with Gasteiger partial charge in [-0.15, -0.1) is 0 Å². The molecule has 0 unspecified atom stereocenters. The summed E-state index contributed by atoms with van der Waals surface area (Å²) < 4.78 is 2.09. The van der Waals surface area contributed by atoms with Crippen molar-refractivity contribution >= 4 is 5.95 Å². The fraction of sp³-hybridized carbons (Fsp3) is 0.235. The number of nitrogens with zero attached hydrogens (tertiary/aromatic N) is 4. The molecule has 2 heterocycles. The molecule has 1 aromatic carbocycles. The van der Waals surface area contributed by atoms with Crippen LogP contribution in [0.25, 0.3) is 5.69 Å². The molecule has 2 aromatic heterocycles. The Morgan fingerprint density at radius 1 is 1.00 bits per heavy atom. The van der Waals surface area contributed by atoms with E-state index in [0.717, 1.165) is 24.2 Å². The largest absolute Gasteiger partial charge is 0.348 e. The summed E-state index contributed by atoms with van der Waals surface area (Å²) >= 11 is 0. The number of aromatic nitrogens is 4. The first-order chi connectivity index (χ1) is 10.9. The van der Waals surface area contributed by atoms with Crippen LogP contribution in [0.3, 0.4) is 0 Å². The van der Waals surface area contributed by atoms with Crippen LogP contribution in [-0.2, 0) is 19.4 Å². The van der Waals surface area contributed by atoms with Gasteiger partial charge in [0.2, 0.25) is 5.95 Å². The maximum absolute atomic E-state index is 4.82. The number of hydrogen-bond donors (Lipinski definition) is 1. The van der Waals surface area contributed by atoms with Gasteiger partial charge in [-0.1, -0.05) is 18.2 Å². The fourth-order valence-corrected chi connectivity index (χ4v) is 2.99. The second-order valence-electron chi connectivity index (χ2n) is 5.40. The molecule has 3 aromatic rings. The smallest absolute Gasteiger partial charge is 0.222 e. The molecular formula is C17H17N5. The number of fused-ring (bicyclic) bond motifs is 1. The van der Waals surface area contributed by atoms with Crippen LogP contribution in [0.15, 0.2) is 48.8 Å². The van der Waals surface area contributed by atoms with Crippen LogP contribution in [0, 0.1) is 0 Å². The summed E-state index contributed by atoms with van der Waals surface area (Å²) in [6.45, 7) is 0.659. The van der Waals surface area contributed by atoms with E-state index in [1.165, 1.54) is 17.7 Å². The van der Waals surface area contributed by atoms with E-state index in [0.29, 0.717) is 12.5 Å². The van der Waals surface area contributed by atoms with Crippen molar-refractivity contribution < 1.29 is 0 Å². The lowest BCUT2D eigenvalue weighted by Gasteiger charge is -2.05. The molecule has 0 radical (unpaired) electrons. The van der Waals surface area contributed by atoms with Crippen molar-refractivity contribution in [3.63, 3.8) is 0 Å². The molecule has 0 amide bonds. The van der Waals surface area contributed by atoms with E-state index in [1.54, 1.807) is 12.4 Å². The third-order valence-electron chi connectivity index (χ3n) is 3.99. The summed E-state index contributed by atoms with van der Waals surface area (Å²) in [6.07, 6.45) is 6.88. The van der Waals surface area contributed by atoms with Crippen LogP contribution in [0.2, 0.25) is 0 Å². The molecule has 0 saturated heterocycles. The third kappa shape index (κ3) is 2.35. The summed E-state index contributed by atoms with van der Waals surface area (Å²) in [5.41, 5.74) is 4.95. The van der Waals surface area contributed by atoms with Gasteiger partial charge in [0.05, 0.1) is 17.9 Å². The van der Waals surface area contributed by atoms with Crippen LogP contribution in [0.5, 0.6) is 0 Å². The molecule has 22 heavy (non-hydrogen) atoms. The zero-order valence-electron chi connectivity index (χ0n) is 12.2. The Morgan fingerprint density at radius 3 is 2.64 bits per heavy atom. The molecule has 0 aliphatic heterocycles. The lowest BCUT2D eigenvalue weighted by Crippen LogP contribution is -2.06. The van der Waals surface area contributed by atoms with Gasteiger partial charge >= 0.3 is 0 Å². The molecule has 1 aliphatic carbocycles. The molecule has 0 saturated carbocycles. The van der Waals surface area contributed by atoms with Crippen LogP contribution in [0.4, 0.5) is 5.95 Å². The van der Waals surface area contributed by atoms with E-state index in [-0.39, 0.29) is 0 Å². The van der Waals surface area contributed by atoms with E-state index in [1.807, 2.05) is 24.3 Å². The molecule has 4 rings (SSSR count). The van der Waals surface area contributed by atoms with Crippen molar-refractivity contribution in [2.45, 2.75) is 25.8 Å². The van der Waals surface area contributed by atoms with Crippen molar-refractivity contribution in [2.24, 2.45) is 0 Å². The van der Waals surface area contributed by atoms with E-state index >= 15 is 0 Å². The van der Waals surface area contributed by atoms with Gasteiger partial charge in [-0.3, -0.25) is 0 Å². The highest BCUT2D eigenvalue weighted by Gasteiger charge is 2.22. The van der Waals surface area contributed by atoms with Crippen LogP contribution < -0.4 is 5.32 Å². The minimum atomic E-state index is 0.642. The zero-order chi connectivity index (χ0) is 14.8. The van der Waals surface area contributed by atoms with Gasteiger partial charge in [0.1, 0.15) is 0 Å². The van der Waals surface area contributed by atoms with Crippen molar-refractivity contribution in [1.82, 2.24) is 19.7 Å². The van der Waals surface area contributed by atoms with Crippen LogP contribution in [0.1, 0.15) is 23.4 Å². The highest BCUT2D eigenvalue weighted by Crippen LogP contribution is 2.28. The molecule has 1 aliphatic rings. The quantitative estimate of drug-likeness (QED) is 0.803. The Labute approximate surface area is 129 Å². The standard InChI is InChI=1S/C17H17N5/c1-2-6-13(7-3-1)22-16-9-4-8-14(16)15(21-22)12-20-17-18-10-5-11-19-17/h1-3,5-7,10-11H,4,8-9,12H2,(H,18,19,20). The normalized spacial score (nSPS) is 13.1.